The van der Waals surface area contributed by atoms with Crippen LogP contribution in [0.5, 0.6) is 0 Å². The number of aliphatic carboxylic acids is 1. The van der Waals surface area contributed by atoms with Crippen LogP contribution in [0.2, 0.25) is 0 Å². The minimum absolute atomic E-state index is 0.162. The van der Waals surface area contributed by atoms with Gasteiger partial charge in [-0.3, -0.25) is 4.79 Å². The van der Waals surface area contributed by atoms with Crippen LogP contribution >= 0.6 is 0 Å². The molecule has 0 aliphatic heterocycles. The van der Waals surface area contributed by atoms with Crippen LogP contribution < -0.4 is 0 Å². The van der Waals surface area contributed by atoms with E-state index in [4.69, 9.17) is 0 Å². The van der Waals surface area contributed by atoms with Crippen molar-refractivity contribution in [2.24, 2.45) is 22.2 Å². The van der Waals surface area contributed by atoms with Crippen LogP contribution in [0.15, 0.2) is 0 Å². The number of hydrogen-bond acceptors (Lipinski definition) is 1. The van der Waals surface area contributed by atoms with Gasteiger partial charge in [0.2, 0.25) is 0 Å². The average Bonchev–Trinajstić information content (AvgIpc) is 2.25. The Morgan fingerprint density at radius 3 is 1.90 bits per heavy atom. The summed E-state index contributed by atoms with van der Waals surface area (Å²) in [6.45, 7) is 17.1. The third-order valence-corrected chi connectivity index (χ3v) is 5.16. The number of carbonyl (C=O) groups is 1. The van der Waals surface area contributed by atoms with Crippen molar-refractivity contribution in [1.82, 2.24) is 0 Å². The first-order valence-electron chi connectivity index (χ1n) is 8.12. The van der Waals surface area contributed by atoms with E-state index in [2.05, 4.69) is 48.5 Å². The Morgan fingerprint density at radius 1 is 1.05 bits per heavy atom. The molecule has 2 nitrogen and oxygen atoms in total. The second-order valence-corrected chi connectivity index (χ2v) is 8.51. The van der Waals surface area contributed by atoms with E-state index in [1.807, 2.05) is 6.92 Å². The summed E-state index contributed by atoms with van der Waals surface area (Å²) < 4.78 is 0. The standard InChI is InChI=1S/C18H36O2/c1-9-10-11-12-17(6,7)18(8,15(19)20)14(2)13-16(3,4)5/h14H,9-13H2,1-8H3,(H,19,20). The van der Waals surface area contributed by atoms with Gasteiger partial charge in [-0.1, -0.05) is 67.7 Å². The fourth-order valence-electron chi connectivity index (χ4n) is 3.37. The highest BCUT2D eigenvalue weighted by atomic mass is 16.4. The minimum atomic E-state index is -0.673. The fraction of sp³-hybridized carbons (Fsp3) is 0.944. The van der Waals surface area contributed by atoms with E-state index >= 15 is 0 Å². The molecule has 2 unspecified atom stereocenters. The highest BCUT2D eigenvalue weighted by Gasteiger charge is 2.51. The molecule has 0 bridgehead atoms. The van der Waals surface area contributed by atoms with Crippen molar-refractivity contribution in [2.75, 3.05) is 0 Å². The van der Waals surface area contributed by atoms with Crippen molar-refractivity contribution in [3.8, 4) is 0 Å². The van der Waals surface area contributed by atoms with Crippen LogP contribution in [0.4, 0.5) is 0 Å². The molecule has 20 heavy (non-hydrogen) atoms. The second kappa shape index (κ2) is 6.95. The van der Waals surface area contributed by atoms with Gasteiger partial charge < -0.3 is 5.11 Å². The quantitative estimate of drug-likeness (QED) is 0.576. The molecule has 0 aliphatic carbocycles. The lowest BCUT2D eigenvalue weighted by molar-refractivity contribution is -0.162. The number of carboxylic acid groups (broad SMARTS) is 1. The summed E-state index contributed by atoms with van der Waals surface area (Å²) in [4.78, 5) is 12.0. The van der Waals surface area contributed by atoms with Crippen LogP contribution in [-0.2, 0) is 4.79 Å². The Labute approximate surface area is 126 Å². The van der Waals surface area contributed by atoms with Crippen LogP contribution in [0.25, 0.3) is 0 Å². The molecule has 0 radical (unpaired) electrons. The van der Waals surface area contributed by atoms with Gasteiger partial charge in [0.05, 0.1) is 5.41 Å². The highest BCUT2D eigenvalue weighted by Crippen LogP contribution is 2.51. The van der Waals surface area contributed by atoms with Crippen molar-refractivity contribution in [1.29, 1.82) is 0 Å². The Bertz CT molecular complexity index is 312. The number of carboxylic acids is 1. The van der Waals surface area contributed by atoms with Gasteiger partial charge in [-0.05, 0) is 36.5 Å². The van der Waals surface area contributed by atoms with E-state index in [0.29, 0.717) is 0 Å². The molecule has 0 saturated carbocycles. The zero-order valence-corrected chi connectivity index (χ0v) is 15.0. The second-order valence-electron chi connectivity index (χ2n) is 8.51. The lowest BCUT2D eigenvalue weighted by Crippen LogP contribution is -2.48. The topological polar surface area (TPSA) is 37.3 Å². The molecule has 0 saturated heterocycles. The summed E-state index contributed by atoms with van der Waals surface area (Å²) in [7, 11) is 0. The largest absolute Gasteiger partial charge is 0.481 e. The van der Waals surface area contributed by atoms with E-state index in [0.717, 1.165) is 19.3 Å². The summed E-state index contributed by atoms with van der Waals surface area (Å²) >= 11 is 0. The molecule has 0 amide bonds. The van der Waals surface area contributed by atoms with Crippen LogP contribution in [0.3, 0.4) is 0 Å². The lowest BCUT2D eigenvalue weighted by Gasteiger charge is -2.47. The molecule has 0 rings (SSSR count). The van der Waals surface area contributed by atoms with Gasteiger partial charge in [0, 0.05) is 0 Å². The molecule has 0 heterocycles. The average molecular weight is 284 g/mol. The first-order valence-corrected chi connectivity index (χ1v) is 8.12. The third kappa shape index (κ3) is 4.79. The van der Waals surface area contributed by atoms with Crippen molar-refractivity contribution >= 4 is 5.97 Å². The van der Waals surface area contributed by atoms with Gasteiger partial charge >= 0.3 is 5.97 Å². The molecule has 0 fully saturated rings. The molecule has 0 aromatic carbocycles. The summed E-state index contributed by atoms with van der Waals surface area (Å²) in [6, 6.07) is 0. The Balaban J connectivity index is 5.21. The molecule has 120 valence electrons. The molecule has 0 aromatic rings. The van der Waals surface area contributed by atoms with Crippen molar-refractivity contribution in [3.05, 3.63) is 0 Å². The first-order chi connectivity index (χ1) is 8.88. The minimum Gasteiger partial charge on any atom is -0.481 e. The number of hydrogen-bond donors (Lipinski definition) is 1. The van der Waals surface area contributed by atoms with Crippen molar-refractivity contribution in [3.63, 3.8) is 0 Å². The lowest BCUT2D eigenvalue weighted by atomic mass is 9.56. The van der Waals surface area contributed by atoms with E-state index < -0.39 is 11.4 Å². The molecule has 1 N–H and O–H groups in total. The Morgan fingerprint density at radius 2 is 1.55 bits per heavy atom. The summed E-state index contributed by atoms with van der Waals surface area (Å²) in [5, 5.41) is 9.89. The zero-order chi connectivity index (χ0) is 16.2. The van der Waals surface area contributed by atoms with Gasteiger partial charge in [0.15, 0.2) is 0 Å². The molecule has 0 aliphatic rings. The smallest absolute Gasteiger partial charge is 0.310 e. The maximum atomic E-state index is 12.0. The van der Waals surface area contributed by atoms with Gasteiger partial charge in [0.1, 0.15) is 0 Å². The van der Waals surface area contributed by atoms with Crippen molar-refractivity contribution in [2.45, 2.75) is 87.5 Å². The first kappa shape index (κ1) is 19.5. The third-order valence-electron chi connectivity index (χ3n) is 5.16. The van der Waals surface area contributed by atoms with E-state index in [1.54, 1.807) is 0 Å². The van der Waals surface area contributed by atoms with Gasteiger partial charge in [0.25, 0.3) is 0 Å². The number of unbranched alkanes of at least 4 members (excludes halogenated alkanes) is 2. The molecular formula is C18H36O2. The predicted molar refractivity (Wildman–Crippen MR) is 86.9 cm³/mol. The number of rotatable bonds is 8. The molecule has 0 aromatic heterocycles. The van der Waals surface area contributed by atoms with Gasteiger partial charge in [-0.25, -0.2) is 0 Å². The molecule has 0 spiro atoms. The van der Waals surface area contributed by atoms with E-state index in [9.17, 15) is 9.90 Å². The monoisotopic (exact) mass is 284 g/mol. The summed E-state index contributed by atoms with van der Waals surface area (Å²) in [6.07, 6.45) is 5.41. The van der Waals surface area contributed by atoms with Gasteiger partial charge in [-0.15, -0.1) is 0 Å². The highest BCUT2D eigenvalue weighted by molar-refractivity contribution is 5.75. The van der Waals surface area contributed by atoms with Crippen LogP contribution in [0.1, 0.15) is 87.5 Å². The van der Waals surface area contributed by atoms with E-state index in [-0.39, 0.29) is 16.7 Å². The Hall–Kier alpha value is -0.530. The van der Waals surface area contributed by atoms with Crippen LogP contribution in [-0.4, -0.2) is 11.1 Å². The maximum Gasteiger partial charge on any atom is 0.310 e. The molecular weight excluding hydrogens is 248 g/mol. The maximum absolute atomic E-state index is 12.0. The van der Waals surface area contributed by atoms with Crippen molar-refractivity contribution < 1.29 is 9.90 Å². The Kier molecular flexibility index (Phi) is 6.77. The summed E-state index contributed by atoms with van der Waals surface area (Å²) in [5.74, 6) is -0.479. The molecule has 2 heteroatoms. The summed E-state index contributed by atoms with van der Waals surface area (Å²) in [5.41, 5.74) is -0.692. The fourth-order valence-corrected chi connectivity index (χ4v) is 3.37. The predicted octanol–water partition coefficient (Wildman–Crippen LogP) is 5.76. The van der Waals surface area contributed by atoms with Gasteiger partial charge in [-0.2, -0.15) is 0 Å². The van der Waals surface area contributed by atoms with E-state index in [1.165, 1.54) is 12.8 Å². The molecule has 2 atom stereocenters. The van der Waals surface area contributed by atoms with Crippen LogP contribution in [0, 0.1) is 22.2 Å². The SMILES string of the molecule is CCCCCC(C)(C)C(C)(C(=O)O)C(C)CC(C)(C)C. The normalized spacial score (nSPS) is 17.6. The zero-order valence-electron chi connectivity index (χ0n) is 15.0.